The molecule has 0 radical (unpaired) electrons. The Balaban J connectivity index is 1.38. The topological polar surface area (TPSA) is 54.5 Å². The molecule has 3 fully saturated rings. The molecule has 1 aromatic heterocycles. The van der Waals surface area contributed by atoms with E-state index in [1.165, 1.54) is 19.0 Å². The quantitative estimate of drug-likeness (QED) is 0.725. The van der Waals surface area contributed by atoms with Crippen LogP contribution in [0.2, 0.25) is 0 Å². The van der Waals surface area contributed by atoms with Crippen LogP contribution in [-0.4, -0.2) is 48.6 Å². The fourth-order valence-corrected chi connectivity index (χ4v) is 4.84. The number of halogens is 3. The summed E-state index contributed by atoms with van der Waals surface area (Å²) in [5.41, 5.74) is -0.844. The number of alkyl halides is 3. The summed E-state index contributed by atoms with van der Waals surface area (Å²) >= 11 is 0. The Morgan fingerprint density at radius 1 is 1.20 bits per heavy atom. The number of nitrogens with one attached hydrogen (secondary N) is 1. The number of hydrogen-bond donors (Lipinski definition) is 1. The van der Waals surface area contributed by atoms with Gasteiger partial charge in [-0.25, -0.2) is 0 Å². The number of amides is 1. The number of hydrogen-bond acceptors (Lipinski definition) is 4. The van der Waals surface area contributed by atoms with Crippen LogP contribution in [0.25, 0.3) is 0 Å². The largest absolute Gasteiger partial charge is 0.417 e. The Kier molecular flexibility index (Phi) is 6.34. The molecule has 3 aliphatic rings. The van der Waals surface area contributed by atoms with Crippen molar-refractivity contribution in [1.82, 2.24) is 15.2 Å². The first kappa shape index (κ1) is 21.6. The van der Waals surface area contributed by atoms with Crippen LogP contribution >= 0.6 is 0 Å². The average Bonchev–Trinajstić information content (AvgIpc) is 3.45. The van der Waals surface area contributed by atoms with Crippen molar-refractivity contribution >= 4 is 5.91 Å². The zero-order valence-corrected chi connectivity index (χ0v) is 17.2. The highest BCUT2D eigenvalue weighted by atomic mass is 19.4. The zero-order chi connectivity index (χ0) is 21.2. The molecular formula is C22H30F3N3O2. The van der Waals surface area contributed by atoms with Gasteiger partial charge >= 0.3 is 6.18 Å². The smallest absolute Gasteiger partial charge is 0.381 e. The molecule has 4 rings (SSSR count). The molecule has 1 unspecified atom stereocenters. The van der Waals surface area contributed by atoms with Gasteiger partial charge < -0.3 is 15.0 Å². The van der Waals surface area contributed by atoms with E-state index in [1.54, 1.807) is 0 Å². The Morgan fingerprint density at radius 3 is 2.67 bits per heavy atom. The third kappa shape index (κ3) is 5.32. The third-order valence-corrected chi connectivity index (χ3v) is 6.72. The van der Waals surface area contributed by atoms with Crippen LogP contribution in [-0.2, 0) is 22.3 Å². The van der Waals surface area contributed by atoms with Crippen molar-refractivity contribution in [2.75, 3.05) is 32.8 Å². The molecule has 8 heteroatoms. The highest BCUT2D eigenvalue weighted by Gasteiger charge is 2.47. The first-order valence-corrected chi connectivity index (χ1v) is 10.9. The van der Waals surface area contributed by atoms with Crippen LogP contribution in [0.4, 0.5) is 13.2 Å². The third-order valence-electron chi connectivity index (χ3n) is 6.72. The van der Waals surface area contributed by atoms with Gasteiger partial charge in [0.2, 0.25) is 5.91 Å². The van der Waals surface area contributed by atoms with E-state index < -0.39 is 17.2 Å². The van der Waals surface area contributed by atoms with E-state index >= 15 is 0 Å². The molecule has 1 atom stereocenters. The number of aromatic nitrogens is 1. The van der Waals surface area contributed by atoms with Crippen molar-refractivity contribution in [3.63, 3.8) is 0 Å². The van der Waals surface area contributed by atoms with Crippen LogP contribution in [0.15, 0.2) is 18.5 Å². The van der Waals surface area contributed by atoms with E-state index in [0.717, 1.165) is 70.8 Å². The molecule has 5 nitrogen and oxygen atoms in total. The van der Waals surface area contributed by atoms with Gasteiger partial charge in [-0.05, 0) is 55.7 Å². The molecule has 0 aromatic carbocycles. The van der Waals surface area contributed by atoms with Crippen molar-refractivity contribution < 1.29 is 22.7 Å². The van der Waals surface area contributed by atoms with Crippen LogP contribution < -0.4 is 5.32 Å². The highest BCUT2D eigenvalue weighted by Crippen LogP contribution is 2.45. The minimum atomic E-state index is -4.43. The zero-order valence-electron chi connectivity index (χ0n) is 17.2. The summed E-state index contributed by atoms with van der Waals surface area (Å²) < 4.78 is 44.2. The maximum atomic E-state index is 13.2. The van der Waals surface area contributed by atoms with Crippen molar-refractivity contribution in [3.8, 4) is 0 Å². The number of carbonyl (C=O) groups excluding carboxylic acids is 1. The van der Waals surface area contributed by atoms with Gasteiger partial charge in [-0.15, -0.1) is 0 Å². The fourth-order valence-electron chi connectivity index (χ4n) is 4.84. The van der Waals surface area contributed by atoms with E-state index in [9.17, 15) is 18.0 Å². The minimum absolute atomic E-state index is 0.0266. The predicted molar refractivity (Wildman–Crippen MR) is 105 cm³/mol. The summed E-state index contributed by atoms with van der Waals surface area (Å²) in [6, 6.07) is 1.06. The van der Waals surface area contributed by atoms with E-state index in [0.29, 0.717) is 17.4 Å². The molecule has 3 heterocycles. The Morgan fingerprint density at radius 2 is 1.97 bits per heavy atom. The van der Waals surface area contributed by atoms with E-state index in [-0.39, 0.29) is 12.5 Å². The van der Waals surface area contributed by atoms with Gasteiger partial charge in [-0.2, -0.15) is 13.2 Å². The Labute approximate surface area is 175 Å². The number of pyridine rings is 1. The predicted octanol–water partition coefficient (Wildman–Crippen LogP) is 3.64. The van der Waals surface area contributed by atoms with E-state index in [4.69, 9.17) is 4.74 Å². The SMILES string of the molecule is O=C(NCc1cncc(C(F)(F)F)c1)C1(CC2CC2)CCN(CC2CCOCC2)C1. The maximum absolute atomic E-state index is 13.2. The summed E-state index contributed by atoms with van der Waals surface area (Å²) in [5.74, 6) is 1.20. The van der Waals surface area contributed by atoms with Gasteiger partial charge in [0.05, 0.1) is 11.0 Å². The molecule has 0 spiro atoms. The van der Waals surface area contributed by atoms with Crippen molar-refractivity contribution in [3.05, 3.63) is 29.6 Å². The van der Waals surface area contributed by atoms with E-state index in [2.05, 4.69) is 15.2 Å². The summed E-state index contributed by atoms with van der Waals surface area (Å²) in [4.78, 5) is 19.3. The molecule has 1 aromatic rings. The summed E-state index contributed by atoms with van der Waals surface area (Å²) in [7, 11) is 0. The van der Waals surface area contributed by atoms with Crippen LogP contribution in [0, 0.1) is 17.3 Å². The molecular weight excluding hydrogens is 395 g/mol. The lowest BCUT2D eigenvalue weighted by molar-refractivity contribution is -0.137. The normalized spacial score (nSPS) is 26.1. The van der Waals surface area contributed by atoms with Crippen molar-refractivity contribution in [2.45, 2.75) is 51.2 Å². The molecule has 30 heavy (non-hydrogen) atoms. The van der Waals surface area contributed by atoms with Gasteiger partial charge in [-0.1, -0.05) is 12.8 Å². The lowest BCUT2D eigenvalue weighted by Crippen LogP contribution is -2.44. The van der Waals surface area contributed by atoms with Crippen molar-refractivity contribution in [2.24, 2.45) is 17.3 Å². The first-order valence-electron chi connectivity index (χ1n) is 10.9. The maximum Gasteiger partial charge on any atom is 0.417 e. The molecule has 0 bridgehead atoms. The highest BCUT2D eigenvalue weighted by molar-refractivity contribution is 5.83. The second-order valence-corrected chi connectivity index (χ2v) is 9.23. The van der Waals surface area contributed by atoms with Gasteiger partial charge in [0.25, 0.3) is 0 Å². The first-order chi connectivity index (χ1) is 14.3. The molecule has 1 amide bonds. The molecule has 2 aliphatic heterocycles. The lowest BCUT2D eigenvalue weighted by atomic mass is 9.80. The van der Waals surface area contributed by atoms with E-state index in [1.807, 2.05) is 0 Å². The minimum Gasteiger partial charge on any atom is -0.381 e. The molecule has 1 saturated carbocycles. The number of nitrogens with zero attached hydrogens (tertiary/aromatic N) is 2. The number of likely N-dealkylation sites (tertiary alicyclic amines) is 1. The number of rotatable bonds is 7. The second-order valence-electron chi connectivity index (χ2n) is 9.23. The monoisotopic (exact) mass is 425 g/mol. The van der Waals surface area contributed by atoms with Crippen LogP contribution in [0.5, 0.6) is 0 Å². The summed E-state index contributed by atoms with van der Waals surface area (Å²) in [6.45, 7) is 4.35. The molecule has 1 N–H and O–H groups in total. The Bertz CT molecular complexity index is 747. The van der Waals surface area contributed by atoms with Crippen LogP contribution in [0.3, 0.4) is 0 Å². The summed E-state index contributed by atoms with van der Waals surface area (Å²) in [5, 5.41) is 2.92. The molecule has 2 saturated heterocycles. The van der Waals surface area contributed by atoms with Gasteiger partial charge in [0.15, 0.2) is 0 Å². The molecule has 166 valence electrons. The van der Waals surface area contributed by atoms with Gasteiger partial charge in [0.1, 0.15) is 0 Å². The van der Waals surface area contributed by atoms with Gasteiger partial charge in [0, 0.05) is 45.2 Å². The lowest BCUT2D eigenvalue weighted by Gasteiger charge is -2.30. The van der Waals surface area contributed by atoms with Gasteiger partial charge in [-0.3, -0.25) is 9.78 Å². The average molecular weight is 425 g/mol. The molecule has 1 aliphatic carbocycles. The van der Waals surface area contributed by atoms with Crippen LogP contribution in [0.1, 0.15) is 49.7 Å². The standard InChI is InChI=1S/C22H30F3N3O2/c23-22(24,25)19-9-18(11-26-13-19)12-27-20(29)21(10-16-1-2-16)5-6-28(15-21)14-17-3-7-30-8-4-17/h9,11,13,16-17H,1-8,10,12,14-15H2,(H,27,29). The number of ether oxygens (including phenoxy) is 1. The van der Waals surface area contributed by atoms with Crippen molar-refractivity contribution in [1.29, 1.82) is 0 Å². The fraction of sp³-hybridized carbons (Fsp3) is 0.727. The summed E-state index contributed by atoms with van der Waals surface area (Å²) in [6.07, 6.45) is 3.95. The number of carbonyl (C=O) groups is 1. The second kappa shape index (κ2) is 8.83. The Hall–Kier alpha value is -1.67.